The highest BCUT2D eigenvalue weighted by molar-refractivity contribution is 9.11. The highest BCUT2D eigenvalue weighted by Crippen LogP contribution is 2.37. The minimum absolute atomic E-state index is 0.141. The molecule has 5 heteroatoms. The van der Waals surface area contributed by atoms with Crippen molar-refractivity contribution in [2.24, 2.45) is 5.41 Å². The average molecular weight is 395 g/mol. The molecule has 0 aliphatic carbocycles. The third kappa shape index (κ3) is 5.34. The van der Waals surface area contributed by atoms with E-state index in [1.807, 2.05) is 36.4 Å². The van der Waals surface area contributed by atoms with E-state index in [2.05, 4.69) is 22.5 Å². The molecule has 0 amide bonds. The summed E-state index contributed by atoms with van der Waals surface area (Å²) < 4.78 is 11.0. The monoisotopic (exact) mass is 394 g/mol. The summed E-state index contributed by atoms with van der Waals surface area (Å²) in [4.78, 5) is 25.1. The molecule has 0 saturated heterocycles. The lowest BCUT2D eigenvalue weighted by atomic mass is 9.80. The van der Waals surface area contributed by atoms with E-state index in [0.29, 0.717) is 4.48 Å². The van der Waals surface area contributed by atoms with Gasteiger partial charge in [0.2, 0.25) is 0 Å². The first-order valence-electron chi connectivity index (χ1n) is 7.86. The summed E-state index contributed by atoms with van der Waals surface area (Å²) >= 11 is 3.47. The van der Waals surface area contributed by atoms with Gasteiger partial charge in [0.1, 0.15) is 0 Å². The van der Waals surface area contributed by atoms with Gasteiger partial charge in [-0.25, -0.2) is 0 Å². The Kier molecular flexibility index (Phi) is 8.47. The predicted molar refractivity (Wildman–Crippen MR) is 98.5 cm³/mol. The Morgan fingerprint density at radius 3 is 2.12 bits per heavy atom. The van der Waals surface area contributed by atoms with E-state index in [1.54, 1.807) is 13.8 Å². The molecule has 0 aliphatic heterocycles. The Bertz CT molecular complexity index is 575. The van der Waals surface area contributed by atoms with E-state index in [0.717, 1.165) is 5.56 Å². The van der Waals surface area contributed by atoms with Crippen LogP contribution in [-0.2, 0) is 19.1 Å². The summed E-state index contributed by atoms with van der Waals surface area (Å²) in [6.07, 6.45) is 3.70. The Hall–Kier alpha value is -1.88. The zero-order chi connectivity index (χ0) is 18.0. The van der Waals surface area contributed by atoms with Gasteiger partial charge in [-0.15, -0.1) is 6.58 Å². The van der Waals surface area contributed by atoms with Gasteiger partial charge < -0.3 is 9.47 Å². The maximum atomic E-state index is 12.5. The molecule has 1 rings (SSSR count). The van der Waals surface area contributed by atoms with Gasteiger partial charge in [-0.3, -0.25) is 9.59 Å². The number of carbonyl (C=O) groups excluding carboxylic acids is 2. The molecule has 1 aromatic rings. The number of hydrogen-bond donors (Lipinski definition) is 0. The predicted octanol–water partition coefficient (Wildman–Crippen LogP) is 4.50. The summed E-state index contributed by atoms with van der Waals surface area (Å²) in [6.45, 7) is 7.46. The molecule has 0 atom stereocenters. The van der Waals surface area contributed by atoms with Gasteiger partial charge >= 0.3 is 11.9 Å². The second-order valence-electron chi connectivity index (χ2n) is 5.19. The summed E-state index contributed by atoms with van der Waals surface area (Å²) in [5.74, 6) is -1.19. The van der Waals surface area contributed by atoms with Crippen molar-refractivity contribution in [2.75, 3.05) is 13.2 Å². The molecule has 0 saturated carbocycles. The number of ether oxygens (including phenoxy) is 2. The summed E-state index contributed by atoms with van der Waals surface area (Å²) in [5.41, 5.74) is -0.470. The van der Waals surface area contributed by atoms with Crippen molar-refractivity contribution in [1.29, 1.82) is 0 Å². The van der Waals surface area contributed by atoms with E-state index in [-0.39, 0.29) is 26.1 Å². The SMILES string of the molecule is C=CCC(C/C(Br)=C\c1ccccc1)(C(=O)OCC)C(=O)OCC. The van der Waals surface area contributed by atoms with Gasteiger partial charge in [-0.1, -0.05) is 52.3 Å². The molecule has 0 heterocycles. The van der Waals surface area contributed by atoms with E-state index in [9.17, 15) is 9.59 Å². The number of rotatable bonds is 9. The molecule has 0 radical (unpaired) electrons. The van der Waals surface area contributed by atoms with Crippen LogP contribution in [0.2, 0.25) is 0 Å². The molecule has 0 fully saturated rings. The maximum Gasteiger partial charge on any atom is 0.324 e. The molecule has 0 unspecified atom stereocenters. The normalized spacial score (nSPS) is 11.7. The molecular formula is C19H23BrO4. The van der Waals surface area contributed by atoms with Crippen LogP contribution >= 0.6 is 15.9 Å². The van der Waals surface area contributed by atoms with Crippen LogP contribution in [0.25, 0.3) is 6.08 Å². The topological polar surface area (TPSA) is 52.6 Å². The zero-order valence-corrected chi connectivity index (χ0v) is 15.7. The quantitative estimate of drug-likeness (QED) is 0.351. The molecule has 0 aliphatic rings. The third-order valence-electron chi connectivity index (χ3n) is 3.42. The largest absolute Gasteiger partial charge is 0.465 e. The number of benzene rings is 1. The molecule has 130 valence electrons. The lowest BCUT2D eigenvalue weighted by molar-refractivity contribution is -0.171. The van der Waals surface area contributed by atoms with Gasteiger partial charge in [-0.05, 0) is 36.4 Å². The molecule has 24 heavy (non-hydrogen) atoms. The minimum Gasteiger partial charge on any atom is -0.465 e. The van der Waals surface area contributed by atoms with Crippen LogP contribution in [0.1, 0.15) is 32.3 Å². The lowest BCUT2D eigenvalue weighted by Gasteiger charge is -2.28. The van der Waals surface area contributed by atoms with Crippen LogP contribution in [-0.4, -0.2) is 25.2 Å². The summed E-state index contributed by atoms with van der Waals surface area (Å²) in [7, 11) is 0. The van der Waals surface area contributed by atoms with E-state index >= 15 is 0 Å². The average Bonchev–Trinajstić information content (AvgIpc) is 2.55. The Labute approximate surface area is 151 Å². The van der Waals surface area contributed by atoms with E-state index < -0.39 is 17.4 Å². The van der Waals surface area contributed by atoms with Gasteiger partial charge in [0, 0.05) is 6.42 Å². The van der Waals surface area contributed by atoms with Gasteiger partial charge in [0.15, 0.2) is 5.41 Å². The van der Waals surface area contributed by atoms with Crippen molar-refractivity contribution in [2.45, 2.75) is 26.7 Å². The molecule has 0 N–H and O–H groups in total. The number of carbonyl (C=O) groups is 2. The highest BCUT2D eigenvalue weighted by Gasteiger charge is 2.48. The standard InChI is InChI=1S/C19H23BrO4/c1-4-12-19(17(21)23-5-2,18(22)24-6-3)14-16(20)13-15-10-8-7-9-11-15/h4,7-11,13H,1,5-6,12,14H2,2-3H3/b16-13+. The number of halogens is 1. The smallest absolute Gasteiger partial charge is 0.324 e. The van der Waals surface area contributed by atoms with Crippen molar-refractivity contribution in [1.82, 2.24) is 0 Å². The first-order chi connectivity index (χ1) is 11.5. The Balaban J connectivity index is 3.19. The van der Waals surface area contributed by atoms with Crippen LogP contribution in [0.4, 0.5) is 0 Å². The number of allylic oxidation sites excluding steroid dienone is 2. The molecule has 4 nitrogen and oxygen atoms in total. The van der Waals surface area contributed by atoms with Crippen molar-refractivity contribution in [3.05, 3.63) is 53.0 Å². The molecule has 0 bridgehead atoms. The molecule has 0 spiro atoms. The minimum atomic E-state index is -1.43. The second-order valence-corrected chi connectivity index (χ2v) is 6.21. The number of hydrogen-bond acceptors (Lipinski definition) is 4. The van der Waals surface area contributed by atoms with Crippen LogP contribution in [0, 0.1) is 5.41 Å². The molecular weight excluding hydrogens is 372 g/mol. The van der Waals surface area contributed by atoms with E-state index in [1.165, 1.54) is 6.08 Å². The van der Waals surface area contributed by atoms with Crippen LogP contribution in [0.3, 0.4) is 0 Å². The fourth-order valence-electron chi connectivity index (χ4n) is 2.32. The van der Waals surface area contributed by atoms with Crippen LogP contribution in [0.15, 0.2) is 47.5 Å². The summed E-state index contributed by atoms with van der Waals surface area (Å²) in [5, 5.41) is 0. The Morgan fingerprint density at radius 2 is 1.67 bits per heavy atom. The lowest BCUT2D eigenvalue weighted by Crippen LogP contribution is -2.42. The first kappa shape index (κ1) is 20.2. The second kappa shape index (κ2) is 10.1. The van der Waals surface area contributed by atoms with Gasteiger partial charge in [-0.2, -0.15) is 0 Å². The first-order valence-corrected chi connectivity index (χ1v) is 8.66. The van der Waals surface area contributed by atoms with Crippen LogP contribution < -0.4 is 0 Å². The van der Waals surface area contributed by atoms with E-state index in [4.69, 9.17) is 9.47 Å². The highest BCUT2D eigenvalue weighted by atomic mass is 79.9. The van der Waals surface area contributed by atoms with Crippen molar-refractivity contribution < 1.29 is 19.1 Å². The maximum absolute atomic E-state index is 12.5. The van der Waals surface area contributed by atoms with Gasteiger partial charge in [0.25, 0.3) is 0 Å². The fourth-order valence-corrected chi connectivity index (χ4v) is 3.06. The van der Waals surface area contributed by atoms with Crippen molar-refractivity contribution in [3.8, 4) is 0 Å². The van der Waals surface area contributed by atoms with Crippen LogP contribution in [0.5, 0.6) is 0 Å². The number of esters is 2. The van der Waals surface area contributed by atoms with Crippen molar-refractivity contribution >= 4 is 33.9 Å². The molecule has 1 aromatic carbocycles. The van der Waals surface area contributed by atoms with Crippen molar-refractivity contribution in [3.63, 3.8) is 0 Å². The zero-order valence-electron chi connectivity index (χ0n) is 14.1. The third-order valence-corrected chi connectivity index (χ3v) is 3.93. The fraction of sp³-hybridized carbons (Fsp3) is 0.368. The summed E-state index contributed by atoms with van der Waals surface area (Å²) in [6, 6.07) is 9.63. The van der Waals surface area contributed by atoms with Gasteiger partial charge in [0.05, 0.1) is 13.2 Å². The molecule has 0 aromatic heterocycles. The Morgan fingerprint density at radius 1 is 1.12 bits per heavy atom.